The molecule has 2 aromatic heterocycles. The van der Waals surface area contributed by atoms with Crippen LogP contribution in [0.15, 0.2) is 5.16 Å². The van der Waals surface area contributed by atoms with E-state index in [0.29, 0.717) is 16.4 Å². The standard InChI is InChI=1S/C14H16ClFN4OS/c1-6-5-7(2)21-13-8-10(9(16)11(15)18-13)17-14(22-4)19-12(8)20(6)3/h6-7H,5H2,1-4H3. The summed E-state index contributed by atoms with van der Waals surface area (Å²) in [5.74, 6) is 0.263. The first-order valence-electron chi connectivity index (χ1n) is 6.92. The van der Waals surface area contributed by atoms with Crippen LogP contribution in [0.1, 0.15) is 20.3 Å². The summed E-state index contributed by atoms with van der Waals surface area (Å²) >= 11 is 7.26. The minimum Gasteiger partial charge on any atom is -0.474 e. The van der Waals surface area contributed by atoms with Crippen molar-refractivity contribution in [1.29, 1.82) is 0 Å². The molecule has 0 saturated carbocycles. The number of hydrogen-bond donors (Lipinski definition) is 0. The molecule has 0 aliphatic carbocycles. The number of nitrogens with zero attached hydrogens (tertiary/aromatic N) is 4. The topological polar surface area (TPSA) is 51.1 Å². The SMILES string of the molecule is CSc1nc2c3c(nc(Cl)c(F)c3n1)OC(C)CC(C)N2C. The van der Waals surface area contributed by atoms with Crippen molar-refractivity contribution in [3.05, 3.63) is 11.0 Å². The molecule has 3 rings (SSSR count). The average Bonchev–Trinajstić information content (AvgIpc) is 2.49. The molecule has 0 radical (unpaired) electrons. The molecule has 5 nitrogen and oxygen atoms in total. The summed E-state index contributed by atoms with van der Waals surface area (Å²) < 4.78 is 20.3. The van der Waals surface area contributed by atoms with Crippen LogP contribution in [0, 0.1) is 5.82 Å². The van der Waals surface area contributed by atoms with E-state index < -0.39 is 5.82 Å². The molecular weight excluding hydrogens is 327 g/mol. The van der Waals surface area contributed by atoms with Gasteiger partial charge in [0.05, 0.1) is 6.10 Å². The maximum absolute atomic E-state index is 14.4. The highest BCUT2D eigenvalue weighted by Gasteiger charge is 2.28. The molecule has 1 aliphatic rings. The van der Waals surface area contributed by atoms with Crippen LogP contribution in [0.4, 0.5) is 10.2 Å². The van der Waals surface area contributed by atoms with Gasteiger partial charge in [-0.15, -0.1) is 0 Å². The lowest BCUT2D eigenvalue weighted by Gasteiger charge is -2.32. The Labute approximate surface area is 137 Å². The minimum absolute atomic E-state index is 0.0666. The first kappa shape index (κ1) is 15.6. The zero-order valence-corrected chi connectivity index (χ0v) is 14.3. The summed E-state index contributed by atoms with van der Waals surface area (Å²) in [5, 5.41) is 0.727. The molecule has 118 valence electrons. The Bertz CT molecular complexity index is 745. The van der Waals surface area contributed by atoms with Gasteiger partial charge in [-0.2, -0.15) is 4.98 Å². The number of thioether (sulfide) groups is 1. The van der Waals surface area contributed by atoms with Gasteiger partial charge in [0.25, 0.3) is 0 Å². The fourth-order valence-corrected chi connectivity index (χ4v) is 3.12. The zero-order chi connectivity index (χ0) is 16.0. The summed E-state index contributed by atoms with van der Waals surface area (Å²) in [6, 6.07) is 0.190. The Kier molecular flexibility index (Phi) is 4.03. The number of hydrogen-bond acceptors (Lipinski definition) is 6. The predicted octanol–water partition coefficient (Wildman–Crippen LogP) is 3.53. The number of ether oxygens (including phenoxy) is 1. The molecule has 0 N–H and O–H groups in total. The van der Waals surface area contributed by atoms with E-state index in [1.807, 2.05) is 25.1 Å². The Morgan fingerprint density at radius 1 is 1.32 bits per heavy atom. The van der Waals surface area contributed by atoms with Crippen LogP contribution in [0.5, 0.6) is 5.88 Å². The lowest BCUT2D eigenvalue weighted by Crippen LogP contribution is -2.35. The number of halogens is 2. The maximum Gasteiger partial charge on any atom is 0.228 e. The van der Waals surface area contributed by atoms with E-state index in [2.05, 4.69) is 21.9 Å². The molecule has 1 aliphatic heterocycles. The Morgan fingerprint density at radius 3 is 2.73 bits per heavy atom. The first-order valence-corrected chi connectivity index (χ1v) is 8.52. The molecule has 0 spiro atoms. The lowest BCUT2D eigenvalue weighted by atomic mass is 10.1. The molecule has 2 unspecified atom stereocenters. The van der Waals surface area contributed by atoms with Crippen LogP contribution >= 0.6 is 23.4 Å². The second-order valence-electron chi connectivity index (χ2n) is 5.40. The summed E-state index contributed by atoms with van der Waals surface area (Å²) in [4.78, 5) is 14.9. The van der Waals surface area contributed by atoms with E-state index in [4.69, 9.17) is 16.3 Å². The van der Waals surface area contributed by atoms with Crippen LogP contribution in [-0.2, 0) is 0 Å². The molecule has 2 atom stereocenters. The van der Waals surface area contributed by atoms with Gasteiger partial charge >= 0.3 is 0 Å². The monoisotopic (exact) mass is 342 g/mol. The van der Waals surface area contributed by atoms with Gasteiger partial charge in [-0.25, -0.2) is 14.4 Å². The van der Waals surface area contributed by atoms with E-state index >= 15 is 0 Å². The van der Waals surface area contributed by atoms with Gasteiger partial charge in [0, 0.05) is 19.5 Å². The van der Waals surface area contributed by atoms with E-state index in [1.54, 1.807) is 0 Å². The van der Waals surface area contributed by atoms with E-state index in [-0.39, 0.29) is 28.7 Å². The van der Waals surface area contributed by atoms with Crippen molar-refractivity contribution >= 4 is 40.1 Å². The first-order chi connectivity index (χ1) is 10.4. The molecule has 0 saturated heterocycles. The molecule has 0 amide bonds. The van der Waals surface area contributed by atoms with Crippen molar-refractivity contribution in [3.63, 3.8) is 0 Å². The second kappa shape index (κ2) is 5.70. The average molecular weight is 343 g/mol. The van der Waals surface area contributed by atoms with Crippen molar-refractivity contribution in [3.8, 4) is 5.88 Å². The number of aromatic nitrogens is 3. The van der Waals surface area contributed by atoms with Gasteiger partial charge in [-0.3, -0.25) is 0 Å². The van der Waals surface area contributed by atoms with E-state index in [0.717, 1.165) is 6.42 Å². The van der Waals surface area contributed by atoms with Gasteiger partial charge in [0.2, 0.25) is 5.88 Å². The van der Waals surface area contributed by atoms with Crippen molar-refractivity contribution in [1.82, 2.24) is 15.0 Å². The van der Waals surface area contributed by atoms with Crippen molar-refractivity contribution in [2.24, 2.45) is 0 Å². The normalized spacial score (nSPS) is 21.5. The Hall–Kier alpha value is -1.34. The predicted molar refractivity (Wildman–Crippen MR) is 86.7 cm³/mol. The molecular formula is C14H16ClFN4OS. The fourth-order valence-electron chi connectivity index (χ4n) is 2.59. The zero-order valence-electron chi connectivity index (χ0n) is 12.7. The summed E-state index contributed by atoms with van der Waals surface area (Å²) in [7, 11) is 1.94. The summed E-state index contributed by atoms with van der Waals surface area (Å²) in [6.45, 7) is 4.04. The van der Waals surface area contributed by atoms with Gasteiger partial charge in [0.1, 0.15) is 16.7 Å². The molecule has 0 aromatic carbocycles. The number of pyridine rings is 1. The summed E-state index contributed by atoms with van der Waals surface area (Å²) in [5.41, 5.74) is 0.150. The van der Waals surface area contributed by atoms with Gasteiger partial charge < -0.3 is 9.64 Å². The molecule has 3 heterocycles. The smallest absolute Gasteiger partial charge is 0.228 e. The quantitative estimate of drug-likeness (QED) is 0.449. The third kappa shape index (κ3) is 2.46. The van der Waals surface area contributed by atoms with Crippen LogP contribution in [0.3, 0.4) is 0 Å². The van der Waals surface area contributed by atoms with E-state index in [1.165, 1.54) is 11.8 Å². The molecule has 8 heteroatoms. The van der Waals surface area contributed by atoms with Crippen LogP contribution in [0.2, 0.25) is 5.15 Å². The molecule has 22 heavy (non-hydrogen) atoms. The summed E-state index contributed by atoms with van der Waals surface area (Å²) in [6.07, 6.45) is 2.58. The second-order valence-corrected chi connectivity index (χ2v) is 6.53. The highest BCUT2D eigenvalue weighted by Crippen LogP contribution is 2.38. The van der Waals surface area contributed by atoms with Gasteiger partial charge in [-0.1, -0.05) is 23.4 Å². The number of anilines is 1. The Balaban J connectivity index is 2.41. The van der Waals surface area contributed by atoms with Crippen LogP contribution in [-0.4, -0.2) is 40.4 Å². The highest BCUT2D eigenvalue weighted by atomic mass is 35.5. The largest absolute Gasteiger partial charge is 0.474 e. The van der Waals surface area contributed by atoms with Crippen LogP contribution in [0.25, 0.3) is 10.9 Å². The molecule has 2 aromatic rings. The third-order valence-corrected chi connectivity index (χ3v) is 4.63. The third-order valence-electron chi connectivity index (χ3n) is 3.84. The van der Waals surface area contributed by atoms with E-state index in [9.17, 15) is 4.39 Å². The fraction of sp³-hybridized carbons (Fsp3) is 0.500. The number of rotatable bonds is 1. The van der Waals surface area contributed by atoms with Crippen molar-refractivity contribution in [2.45, 2.75) is 37.6 Å². The molecule has 0 bridgehead atoms. The highest BCUT2D eigenvalue weighted by molar-refractivity contribution is 7.98. The Morgan fingerprint density at radius 2 is 2.05 bits per heavy atom. The van der Waals surface area contributed by atoms with Gasteiger partial charge in [-0.05, 0) is 20.1 Å². The molecule has 0 fully saturated rings. The van der Waals surface area contributed by atoms with Crippen LogP contribution < -0.4 is 9.64 Å². The minimum atomic E-state index is -0.641. The maximum atomic E-state index is 14.4. The van der Waals surface area contributed by atoms with Gasteiger partial charge in [0.15, 0.2) is 16.1 Å². The lowest BCUT2D eigenvalue weighted by molar-refractivity contribution is 0.194. The van der Waals surface area contributed by atoms with Crippen molar-refractivity contribution < 1.29 is 9.13 Å². The van der Waals surface area contributed by atoms with Crippen molar-refractivity contribution in [2.75, 3.05) is 18.2 Å².